The van der Waals surface area contributed by atoms with Crippen LogP contribution in [0.5, 0.6) is 0 Å². The first-order chi connectivity index (χ1) is 8.33. The largest absolute Gasteiger partial charge is 0.461 e. The van der Waals surface area contributed by atoms with Gasteiger partial charge in [0.2, 0.25) is 0 Å². The van der Waals surface area contributed by atoms with E-state index in [1.54, 1.807) is 0 Å². The first-order valence-electron chi connectivity index (χ1n) is 7.15. The van der Waals surface area contributed by atoms with Gasteiger partial charge in [0, 0.05) is 6.42 Å². The van der Waals surface area contributed by atoms with Crippen molar-refractivity contribution in [3.05, 3.63) is 12.2 Å². The Morgan fingerprint density at radius 3 is 2.71 bits per heavy atom. The standard InChI is InChI=1S/C15H26O2/c1-2-3-5-12-15(16)17-13-8-11-14-9-6-4-7-10-14/h8,11,14H,2-7,9-10,12-13H2,1H3. The van der Waals surface area contributed by atoms with Crippen LogP contribution in [0.1, 0.15) is 64.7 Å². The van der Waals surface area contributed by atoms with Crippen molar-refractivity contribution in [3.63, 3.8) is 0 Å². The molecule has 0 heterocycles. The molecule has 2 nitrogen and oxygen atoms in total. The zero-order valence-corrected chi connectivity index (χ0v) is 11.1. The highest BCUT2D eigenvalue weighted by Gasteiger charge is 2.09. The Morgan fingerprint density at radius 2 is 2.00 bits per heavy atom. The monoisotopic (exact) mass is 238 g/mol. The van der Waals surface area contributed by atoms with Gasteiger partial charge in [-0.2, -0.15) is 0 Å². The molecule has 0 radical (unpaired) electrons. The van der Waals surface area contributed by atoms with E-state index in [1.807, 2.05) is 6.08 Å². The Kier molecular flexibility index (Phi) is 7.78. The molecule has 0 bridgehead atoms. The fraction of sp³-hybridized carbons (Fsp3) is 0.800. The molecule has 0 spiro atoms. The van der Waals surface area contributed by atoms with E-state index in [2.05, 4.69) is 13.0 Å². The number of hydrogen-bond acceptors (Lipinski definition) is 2. The van der Waals surface area contributed by atoms with Crippen LogP contribution in [0.2, 0.25) is 0 Å². The molecule has 17 heavy (non-hydrogen) atoms. The molecule has 0 saturated heterocycles. The Morgan fingerprint density at radius 1 is 1.24 bits per heavy atom. The van der Waals surface area contributed by atoms with Gasteiger partial charge in [-0.05, 0) is 25.2 Å². The van der Waals surface area contributed by atoms with Crippen LogP contribution in [-0.2, 0) is 9.53 Å². The quantitative estimate of drug-likeness (QED) is 0.376. The molecule has 0 aromatic rings. The fourth-order valence-corrected chi connectivity index (χ4v) is 2.31. The molecule has 2 heteroatoms. The number of hydrogen-bond donors (Lipinski definition) is 0. The minimum Gasteiger partial charge on any atom is -0.461 e. The molecule has 98 valence electrons. The summed E-state index contributed by atoms with van der Waals surface area (Å²) in [5, 5.41) is 0. The summed E-state index contributed by atoms with van der Waals surface area (Å²) in [4.78, 5) is 11.3. The molecular weight excluding hydrogens is 212 g/mol. The van der Waals surface area contributed by atoms with Gasteiger partial charge in [-0.25, -0.2) is 0 Å². The number of carbonyl (C=O) groups is 1. The third kappa shape index (κ3) is 7.19. The van der Waals surface area contributed by atoms with Crippen molar-refractivity contribution in [2.24, 2.45) is 5.92 Å². The first-order valence-corrected chi connectivity index (χ1v) is 7.15. The van der Waals surface area contributed by atoms with Crippen LogP contribution in [0, 0.1) is 5.92 Å². The van der Waals surface area contributed by atoms with Gasteiger partial charge in [0.05, 0.1) is 0 Å². The lowest BCUT2D eigenvalue weighted by atomic mass is 9.89. The summed E-state index contributed by atoms with van der Waals surface area (Å²) < 4.78 is 5.15. The van der Waals surface area contributed by atoms with Crippen LogP contribution in [-0.4, -0.2) is 12.6 Å². The second kappa shape index (κ2) is 9.26. The van der Waals surface area contributed by atoms with Gasteiger partial charge in [-0.15, -0.1) is 0 Å². The molecule has 1 aliphatic rings. The summed E-state index contributed by atoms with van der Waals surface area (Å²) >= 11 is 0. The SMILES string of the molecule is CCCCCC(=O)OCC=CC1CCCCC1. The average Bonchev–Trinajstić information content (AvgIpc) is 2.36. The molecule has 0 aliphatic heterocycles. The maximum Gasteiger partial charge on any atom is 0.306 e. The number of allylic oxidation sites excluding steroid dienone is 1. The lowest BCUT2D eigenvalue weighted by molar-refractivity contribution is -0.142. The van der Waals surface area contributed by atoms with Gasteiger partial charge in [0.25, 0.3) is 0 Å². The smallest absolute Gasteiger partial charge is 0.306 e. The predicted molar refractivity (Wildman–Crippen MR) is 70.8 cm³/mol. The molecule has 0 atom stereocenters. The zero-order chi connectivity index (χ0) is 12.3. The van der Waals surface area contributed by atoms with E-state index in [0.29, 0.717) is 13.0 Å². The highest BCUT2D eigenvalue weighted by Crippen LogP contribution is 2.24. The molecular formula is C15H26O2. The summed E-state index contributed by atoms with van der Waals surface area (Å²) in [5.74, 6) is 0.675. The van der Waals surface area contributed by atoms with Gasteiger partial charge < -0.3 is 4.74 Å². The van der Waals surface area contributed by atoms with E-state index in [1.165, 1.54) is 32.1 Å². The number of rotatable bonds is 7. The normalized spacial score (nSPS) is 17.5. The second-order valence-electron chi connectivity index (χ2n) is 4.97. The Hall–Kier alpha value is -0.790. The second-order valence-corrected chi connectivity index (χ2v) is 4.97. The number of ether oxygens (including phenoxy) is 1. The van der Waals surface area contributed by atoms with E-state index in [4.69, 9.17) is 4.74 Å². The van der Waals surface area contributed by atoms with Crippen molar-refractivity contribution in [2.45, 2.75) is 64.7 Å². The van der Waals surface area contributed by atoms with Crippen LogP contribution in [0.15, 0.2) is 12.2 Å². The van der Waals surface area contributed by atoms with E-state index >= 15 is 0 Å². The molecule has 1 fully saturated rings. The molecule has 0 N–H and O–H groups in total. The Bertz CT molecular complexity index is 227. The van der Waals surface area contributed by atoms with Crippen molar-refractivity contribution >= 4 is 5.97 Å². The zero-order valence-electron chi connectivity index (χ0n) is 11.1. The first kappa shape index (κ1) is 14.3. The third-order valence-corrected chi connectivity index (χ3v) is 3.38. The summed E-state index contributed by atoms with van der Waals surface area (Å²) in [6.07, 6.45) is 14.8. The highest BCUT2D eigenvalue weighted by atomic mass is 16.5. The molecule has 0 unspecified atom stereocenters. The summed E-state index contributed by atoms with van der Waals surface area (Å²) in [7, 11) is 0. The number of esters is 1. The summed E-state index contributed by atoms with van der Waals surface area (Å²) in [6, 6.07) is 0. The van der Waals surface area contributed by atoms with Gasteiger partial charge >= 0.3 is 5.97 Å². The predicted octanol–water partition coefficient (Wildman–Crippen LogP) is 4.25. The molecule has 0 aromatic carbocycles. The highest BCUT2D eigenvalue weighted by molar-refractivity contribution is 5.69. The molecule has 1 aliphatic carbocycles. The van der Waals surface area contributed by atoms with Gasteiger partial charge in [0.1, 0.15) is 6.61 Å². The van der Waals surface area contributed by atoms with Crippen LogP contribution >= 0.6 is 0 Å². The van der Waals surface area contributed by atoms with Gasteiger partial charge in [-0.3, -0.25) is 4.79 Å². The Balaban J connectivity index is 2.01. The topological polar surface area (TPSA) is 26.3 Å². The van der Waals surface area contributed by atoms with Gasteiger partial charge in [-0.1, -0.05) is 51.2 Å². The third-order valence-electron chi connectivity index (χ3n) is 3.38. The van der Waals surface area contributed by atoms with Crippen LogP contribution in [0.4, 0.5) is 0 Å². The fourth-order valence-electron chi connectivity index (χ4n) is 2.31. The van der Waals surface area contributed by atoms with E-state index in [9.17, 15) is 4.79 Å². The maximum atomic E-state index is 11.3. The lowest BCUT2D eigenvalue weighted by Gasteiger charge is -2.17. The van der Waals surface area contributed by atoms with E-state index in [0.717, 1.165) is 25.2 Å². The molecule has 0 aromatic heterocycles. The van der Waals surface area contributed by atoms with Crippen LogP contribution < -0.4 is 0 Å². The number of unbranched alkanes of at least 4 members (excludes halogenated alkanes) is 2. The van der Waals surface area contributed by atoms with Crippen molar-refractivity contribution < 1.29 is 9.53 Å². The van der Waals surface area contributed by atoms with Crippen molar-refractivity contribution in [1.29, 1.82) is 0 Å². The maximum absolute atomic E-state index is 11.3. The van der Waals surface area contributed by atoms with Crippen molar-refractivity contribution in [2.75, 3.05) is 6.61 Å². The molecule has 1 saturated carbocycles. The lowest BCUT2D eigenvalue weighted by Crippen LogP contribution is -2.06. The summed E-state index contributed by atoms with van der Waals surface area (Å²) in [5.41, 5.74) is 0. The Labute approximate surface area is 105 Å². The van der Waals surface area contributed by atoms with Crippen molar-refractivity contribution in [1.82, 2.24) is 0 Å². The van der Waals surface area contributed by atoms with Gasteiger partial charge in [0.15, 0.2) is 0 Å². The van der Waals surface area contributed by atoms with Crippen LogP contribution in [0.25, 0.3) is 0 Å². The molecule has 1 rings (SSSR count). The van der Waals surface area contributed by atoms with Crippen LogP contribution in [0.3, 0.4) is 0 Å². The minimum absolute atomic E-state index is 0.0493. The molecule has 0 amide bonds. The minimum atomic E-state index is -0.0493. The van der Waals surface area contributed by atoms with E-state index in [-0.39, 0.29) is 5.97 Å². The van der Waals surface area contributed by atoms with E-state index < -0.39 is 0 Å². The number of carbonyl (C=O) groups excluding carboxylic acids is 1. The average molecular weight is 238 g/mol. The van der Waals surface area contributed by atoms with Crippen molar-refractivity contribution in [3.8, 4) is 0 Å². The summed E-state index contributed by atoms with van der Waals surface area (Å²) in [6.45, 7) is 2.60.